The average molecular weight is 409 g/mol. The Balaban J connectivity index is 1.56. The number of aryl methyl sites for hydroxylation is 2. The summed E-state index contributed by atoms with van der Waals surface area (Å²) < 4.78 is 40.1. The number of benzene rings is 1. The number of thioether (sulfide) groups is 1. The quantitative estimate of drug-likeness (QED) is 0.385. The molecule has 27 heavy (non-hydrogen) atoms. The first-order valence-corrected chi connectivity index (χ1v) is 10.0. The van der Waals surface area contributed by atoms with Crippen molar-refractivity contribution in [2.45, 2.75) is 36.5 Å². The van der Waals surface area contributed by atoms with E-state index in [0.717, 1.165) is 41.6 Å². The van der Waals surface area contributed by atoms with E-state index in [4.69, 9.17) is 0 Å². The molecule has 2 heterocycles. The Morgan fingerprint density at radius 1 is 1.22 bits per heavy atom. The van der Waals surface area contributed by atoms with E-state index in [-0.39, 0.29) is 0 Å². The molecule has 2 aromatic heterocycles. The largest absolute Gasteiger partial charge is 0.323 e. The van der Waals surface area contributed by atoms with Gasteiger partial charge < -0.3 is 5.32 Å². The topological polar surface area (TPSA) is 54.9 Å². The molecule has 4 nitrogen and oxygen atoms in total. The molecular formula is C18H14F3N3OS2. The number of halogens is 3. The zero-order valence-corrected chi connectivity index (χ0v) is 15.8. The summed E-state index contributed by atoms with van der Waals surface area (Å²) in [5.41, 5.74) is 0.855. The monoisotopic (exact) mass is 409 g/mol. The van der Waals surface area contributed by atoms with Crippen LogP contribution in [0.25, 0.3) is 10.2 Å². The molecule has 0 bridgehead atoms. The van der Waals surface area contributed by atoms with Gasteiger partial charge in [-0.3, -0.25) is 4.79 Å². The van der Waals surface area contributed by atoms with Crippen LogP contribution < -0.4 is 5.32 Å². The Kier molecular flexibility index (Phi) is 4.81. The molecule has 0 saturated carbocycles. The number of hydrogen-bond donors (Lipinski definition) is 1. The zero-order valence-electron chi connectivity index (χ0n) is 14.2. The highest BCUT2D eigenvalue weighted by Gasteiger charge is 2.24. The number of aromatic nitrogens is 2. The van der Waals surface area contributed by atoms with Gasteiger partial charge in [0, 0.05) is 10.3 Å². The number of fused-ring (bicyclic) bond motifs is 3. The molecule has 3 aromatic rings. The van der Waals surface area contributed by atoms with Gasteiger partial charge in [-0.2, -0.15) is 0 Å². The van der Waals surface area contributed by atoms with E-state index in [1.54, 1.807) is 18.3 Å². The summed E-state index contributed by atoms with van der Waals surface area (Å²) in [5.74, 6) is -4.86. The van der Waals surface area contributed by atoms with Gasteiger partial charge in [0.25, 0.3) is 0 Å². The third-order valence-electron chi connectivity index (χ3n) is 4.42. The molecule has 1 aliphatic carbocycles. The van der Waals surface area contributed by atoms with Crippen molar-refractivity contribution in [1.29, 1.82) is 0 Å². The van der Waals surface area contributed by atoms with Gasteiger partial charge in [-0.15, -0.1) is 11.3 Å². The standard InChI is InChI=1S/C18H14F3N3OS2/c1-8(16(25)24-11-6-5-10(19)14(20)15(11)21)26-17-13-9-3-2-4-12(9)27-18(13)23-7-22-17/h5-8H,2-4H2,1H3,(H,24,25)/t8-/m0/s1. The van der Waals surface area contributed by atoms with E-state index < -0.39 is 34.3 Å². The number of carbonyl (C=O) groups excluding carboxylic acids is 1. The summed E-state index contributed by atoms with van der Waals surface area (Å²) >= 11 is 2.89. The van der Waals surface area contributed by atoms with E-state index in [0.29, 0.717) is 5.03 Å². The number of nitrogens with zero attached hydrogens (tertiary/aromatic N) is 2. The van der Waals surface area contributed by atoms with Crippen LogP contribution in [0.3, 0.4) is 0 Å². The van der Waals surface area contributed by atoms with Crippen LogP contribution in [0.15, 0.2) is 23.5 Å². The fourth-order valence-corrected chi connectivity index (χ4v) is 5.31. The molecule has 0 unspecified atom stereocenters. The summed E-state index contributed by atoms with van der Waals surface area (Å²) in [6, 6.07) is 1.77. The van der Waals surface area contributed by atoms with Crippen LogP contribution in [-0.4, -0.2) is 21.1 Å². The summed E-state index contributed by atoms with van der Waals surface area (Å²) in [6.07, 6.45) is 4.57. The molecule has 1 N–H and O–H groups in total. The van der Waals surface area contributed by atoms with Crippen LogP contribution in [-0.2, 0) is 17.6 Å². The highest BCUT2D eigenvalue weighted by atomic mass is 32.2. The fraction of sp³-hybridized carbons (Fsp3) is 0.278. The van der Waals surface area contributed by atoms with Crippen molar-refractivity contribution in [2.75, 3.05) is 5.32 Å². The normalized spacial score (nSPS) is 14.4. The Hall–Kier alpha value is -2.13. The average Bonchev–Trinajstić information content (AvgIpc) is 3.23. The highest BCUT2D eigenvalue weighted by molar-refractivity contribution is 8.00. The second kappa shape index (κ2) is 7.12. The van der Waals surface area contributed by atoms with Crippen LogP contribution in [0.1, 0.15) is 23.8 Å². The number of amides is 1. The second-order valence-corrected chi connectivity index (χ2v) is 8.60. The van der Waals surface area contributed by atoms with Gasteiger partial charge >= 0.3 is 0 Å². The first kappa shape index (κ1) is 18.2. The Morgan fingerprint density at radius 2 is 2.04 bits per heavy atom. The minimum Gasteiger partial charge on any atom is -0.323 e. The fourth-order valence-electron chi connectivity index (χ4n) is 3.07. The first-order chi connectivity index (χ1) is 13.0. The van der Waals surface area contributed by atoms with Crippen molar-refractivity contribution < 1.29 is 18.0 Å². The maximum atomic E-state index is 13.8. The van der Waals surface area contributed by atoms with Gasteiger partial charge in [0.2, 0.25) is 5.91 Å². The molecule has 1 aliphatic rings. The summed E-state index contributed by atoms with van der Waals surface area (Å²) in [5, 5.41) is 3.38. The maximum Gasteiger partial charge on any atom is 0.237 e. The Bertz CT molecular complexity index is 1050. The molecule has 0 radical (unpaired) electrons. The van der Waals surface area contributed by atoms with E-state index in [1.807, 2.05) is 0 Å². The van der Waals surface area contributed by atoms with Crippen molar-refractivity contribution >= 4 is 44.9 Å². The van der Waals surface area contributed by atoms with E-state index in [2.05, 4.69) is 15.3 Å². The van der Waals surface area contributed by atoms with E-state index in [1.165, 1.54) is 28.5 Å². The lowest BCUT2D eigenvalue weighted by atomic mass is 10.2. The molecule has 0 saturated heterocycles. The van der Waals surface area contributed by atoms with Gasteiger partial charge in [0.05, 0.1) is 10.9 Å². The van der Waals surface area contributed by atoms with Gasteiger partial charge in [0.1, 0.15) is 16.2 Å². The van der Waals surface area contributed by atoms with Crippen molar-refractivity contribution in [3.8, 4) is 0 Å². The van der Waals surface area contributed by atoms with Crippen LogP contribution >= 0.6 is 23.1 Å². The molecule has 140 valence electrons. The van der Waals surface area contributed by atoms with Crippen molar-refractivity contribution in [3.05, 3.63) is 46.4 Å². The third-order valence-corrected chi connectivity index (χ3v) is 6.72. The number of anilines is 1. The summed E-state index contributed by atoms with van der Waals surface area (Å²) in [6.45, 7) is 1.65. The molecule has 1 aromatic carbocycles. The van der Waals surface area contributed by atoms with Gasteiger partial charge in [-0.25, -0.2) is 23.1 Å². The maximum absolute atomic E-state index is 13.8. The molecular weight excluding hydrogens is 395 g/mol. The third kappa shape index (κ3) is 3.29. The van der Waals surface area contributed by atoms with Crippen molar-refractivity contribution in [2.24, 2.45) is 0 Å². The van der Waals surface area contributed by atoms with E-state index in [9.17, 15) is 18.0 Å². The minimum atomic E-state index is -1.61. The van der Waals surface area contributed by atoms with Gasteiger partial charge in [0.15, 0.2) is 17.5 Å². The minimum absolute atomic E-state index is 0.393. The number of nitrogens with one attached hydrogen (secondary N) is 1. The molecule has 0 fully saturated rings. The molecule has 4 rings (SSSR count). The summed E-state index contributed by atoms with van der Waals surface area (Å²) in [7, 11) is 0. The number of carbonyl (C=O) groups is 1. The Morgan fingerprint density at radius 3 is 2.85 bits per heavy atom. The first-order valence-electron chi connectivity index (χ1n) is 8.32. The molecule has 9 heteroatoms. The second-order valence-electron chi connectivity index (χ2n) is 6.19. The molecule has 0 aliphatic heterocycles. The molecule has 1 amide bonds. The van der Waals surface area contributed by atoms with Crippen LogP contribution in [0, 0.1) is 17.5 Å². The predicted molar refractivity (Wildman–Crippen MR) is 99.7 cm³/mol. The zero-order chi connectivity index (χ0) is 19.1. The molecule has 0 spiro atoms. The molecule has 1 atom stereocenters. The van der Waals surface area contributed by atoms with E-state index >= 15 is 0 Å². The lowest BCUT2D eigenvalue weighted by molar-refractivity contribution is -0.115. The van der Waals surface area contributed by atoms with Crippen LogP contribution in [0.4, 0.5) is 18.9 Å². The lowest BCUT2D eigenvalue weighted by Crippen LogP contribution is -2.23. The number of rotatable bonds is 4. The van der Waals surface area contributed by atoms with Gasteiger partial charge in [-0.05, 0) is 43.9 Å². The lowest BCUT2D eigenvalue weighted by Gasteiger charge is -2.13. The van der Waals surface area contributed by atoms with Crippen molar-refractivity contribution in [1.82, 2.24) is 9.97 Å². The van der Waals surface area contributed by atoms with Crippen LogP contribution in [0.2, 0.25) is 0 Å². The SMILES string of the molecule is C[C@H](Sc1ncnc2sc3c(c12)CCC3)C(=O)Nc1ccc(F)c(F)c1F. The summed E-state index contributed by atoms with van der Waals surface area (Å²) in [4.78, 5) is 23.3. The number of hydrogen-bond acceptors (Lipinski definition) is 5. The highest BCUT2D eigenvalue weighted by Crippen LogP contribution is 2.41. The van der Waals surface area contributed by atoms with Crippen LogP contribution in [0.5, 0.6) is 0 Å². The van der Waals surface area contributed by atoms with Crippen molar-refractivity contribution in [3.63, 3.8) is 0 Å². The number of thiophene rings is 1. The smallest absolute Gasteiger partial charge is 0.237 e. The predicted octanol–water partition coefficient (Wildman–Crippen LogP) is 4.72. The Labute approximate surface area is 161 Å². The van der Waals surface area contributed by atoms with Gasteiger partial charge in [-0.1, -0.05) is 11.8 Å².